The largest absolute Gasteiger partial charge is 0.493 e. The molecule has 3 heterocycles. The van der Waals surface area contributed by atoms with Crippen molar-refractivity contribution in [3.05, 3.63) is 77.5 Å². The van der Waals surface area contributed by atoms with Gasteiger partial charge in [-0.2, -0.15) is 0 Å². The molecule has 0 aliphatic rings. The van der Waals surface area contributed by atoms with E-state index in [1.807, 2.05) is 45.9 Å². The Kier molecular flexibility index (Phi) is 7.91. The van der Waals surface area contributed by atoms with Gasteiger partial charge in [0.15, 0.2) is 17.3 Å². The van der Waals surface area contributed by atoms with Crippen LogP contribution in [0.3, 0.4) is 0 Å². The molecule has 0 aliphatic carbocycles. The van der Waals surface area contributed by atoms with Gasteiger partial charge in [-0.05, 0) is 55.5 Å². The summed E-state index contributed by atoms with van der Waals surface area (Å²) in [6.07, 6.45) is 1.66. The molecule has 0 atom stereocenters. The molecule has 216 valence electrons. The topological polar surface area (TPSA) is 123 Å². The van der Waals surface area contributed by atoms with Crippen molar-refractivity contribution in [3.8, 4) is 34.3 Å². The molecule has 11 heteroatoms. The zero-order valence-electron chi connectivity index (χ0n) is 24.1. The van der Waals surface area contributed by atoms with Crippen molar-refractivity contribution in [2.75, 3.05) is 24.9 Å². The van der Waals surface area contributed by atoms with Gasteiger partial charge in [0.2, 0.25) is 0 Å². The number of hydrogen-bond acceptors (Lipinski definition) is 7. The standard InChI is InChI=1S/C31H31ClN6O4/c1-17-7-12-20(27(32)34-17)26-28(37-29(36-26)31(2,3)4)38-30(39)35-18-8-10-19(11-9-18)42-23-13-14-33-22-16-25(41-6)24(40-5)15-21(22)23/h7-16H,1-6H3,(H,36,37)(H2,35,38,39). The second kappa shape index (κ2) is 11.6. The number of carbonyl (C=O) groups excluding carboxylic acids is 1. The summed E-state index contributed by atoms with van der Waals surface area (Å²) in [5.41, 5.74) is 2.99. The highest BCUT2D eigenvalue weighted by Crippen LogP contribution is 2.37. The number of rotatable bonds is 7. The first-order chi connectivity index (χ1) is 20.0. The Morgan fingerprint density at radius 1 is 0.905 bits per heavy atom. The Balaban J connectivity index is 1.33. The molecule has 0 saturated heterocycles. The van der Waals surface area contributed by atoms with E-state index < -0.39 is 6.03 Å². The maximum Gasteiger partial charge on any atom is 0.324 e. The molecule has 0 saturated carbocycles. The molecule has 2 aromatic carbocycles. The number of hydrogen-bond donors (Lipinski definition) is 3. The predicted molar refractivity (Wildman–Crippen MR) is 164 cm³/mol. The maximum atomic E-state index is 13.0. The third-order valence-corrected chi connectivity index (χ3v) is 6.74. The molecule has 2 amide bonds. The number of nitrogens with one attached hydrogen (secondary N) is 3. The highest BCUT2D eigenvalue weighted by atomic mass is 35.5. The number of aromatic amines is 1. The summed E-state index contributed by atoms with van der Waals surface area (Å²) in [6, 6.07) is 15.7. The molecule has 3 N–H and O–H groups in total. The van der Waals surface area contributed by atoms with Crippen LogP contribution < -0.4 is 24.8 Å². The van der Waals surface area contributed by atoms with Crippen LogP contribution in [0.15, 0.2) is 60.8 Å². The number of aryl methyl sites for hydroxylation is 1. The molecule has 0 fully saturated rings. The van der Waals surface area contributed by atoms with Crippen LogP contribution >= 0.6 is 11.6 Å². The smallest absolute Gasteiger partial charge is 0.324 e. The lowest BCUT2D eigenvalue weighted by molar-refractivity contribution is 0.262. The number of benzene rings is 2. The first kappa shape index (κ1) is 28.7. The van der Waals surface area contributed by atoms with Crippen molar-refractivity contribution < 1.29 is 19.0 Å². The predicted octanol–water partition coefficient (Wildman–Crippen LogP) is 7.73. The number of urea groups is 1. The summed E-state index contributed by atoms with van der Waals surface area (Å²) < 4.78 is 17.0. The number of pyridine rings is 2. The van der Waals surface area contributed by atoms with E-state index in [2.05, 4.69) is 30.6 Å². The molecule has 5 aromatic rings. The average Bonchev–Trinajstić information content (AvgIpc) is 3.37. The first-order valence-electron chi connectivity index (χ1n) is 13.2. The summed E-state index contributed by atoms with van der Waals surface area (Å²) in [6.45, 7) is 7.94. The number of ether oxygens (including phenoxy) is 3. The molecule has 3 aromatic heterocycles. The summed E-state index contributed by atoms with van der Waals surface area (Å²) in [4.78, 5) is 29.7. The van der Waals surface area contributed by atoms with Gasteiger partial charge in [-0.1, -0.05) is 32.4 Å². The molecule has 0 bridgehead atoms. The lowest BCUT2D eigenvalue weighted by atomic mass is 9.96. The monoisotopic (exact) mass is 586 g/mol. The Morgan fingerprint density at radius 2 is 1.62 bits per heavy atom. The number of halogens is 1. The molecule has 0 aliphatic heterocycles. The fourth-order valence-corrected chi connectivity index (χ4v) is 4.56. The van der Waals surface area contributed by atoms with E-state index in [-0.39, 0.29) is 5.41 Å². The Morgan fingerprint density at radius 3 is 2.29 bits per heavy atom. The number of H-pyrrole nitrogens is 1. The van der Waals surface area contributed by atoms with E-state index in [1.165, 1.54) is 0 Å². The number of amides is 2. The lowest BCUT2D eigenvalue weighted by Gasteiger charge is -2.14. The van der Waals surface area contributed by atoms with Crippen LogP contribution in [-0.4, -0.2) is 40.2 Å². The van der Waals surface area contributed by atoms with Gasteiger partial charge in [-0.25, -0.2) is 14.8 Å². The molecule has 42 heavy (non-hydrogen) atoms. The van der Waals surface area contributed by atoms with E-state index in [9.17, 15) is 4.79 Å². The lowest BCUT2D eigenvalue weighted by Crippen LogP contribution is -2.20. The van der Waals surface area contributed by atoms with E-state index in [4.69, 9.17) is 25.8 Å². The Labute approximate surface area is 248 Å². The van der Waals surface area contributed by atoms with Crippen molar-refractivity contribution in [1.82, 2.24) is 19.9 Å². The molecule has 10 nitrogen and oxygen atoms in total. The molecule has 0 unspecified atom stereocenters. The van der Waals surface area contributed by atoms with Gasteiger partial charge in [0.05, 0.1) is 25.4 Å². The number of aromatic nitrogens is 4. The van der Waals surface area contributed by atoms with Gasteiger partial charge in [0, 0.05) is 40.0 Å². The minimum Gasteiger partial charge on any atom is -0.493 e. The molecule has 0 radical (unpaired) electrons. The first-order valence-corrected chi connectivity index (χ1v) is 13.5. The van der Waals surface area contributed by atoms with Gasteiger partial charge in [0.25, 0.3) is 0 Å². The van der Waals surface area contributed by atoms with Crippen LogP contribution in [0, 0.1) is 6.92 Å². The van der Waals surface area contributed by atoms with Gasteiger partial charge < -0.3 is 24.5 Å². The summed E-state index contributed by atoms with van der Waals surface area (Å²) in [7, 11) is 3.15. The summed E-state index contributed by atoms with van der Waals surface area (Å²) >= 11 is 6.45. The number of nitrogens with zero attached hydrogens (tertiary/aromatic N) is 3. The quantitative estimate of drug-likeness (QED) is 0.167. The van der Waals surface area contributed by atoms with Crippen LogP contribution in [0.5, 0.6) is 23.0 Å². The van der Waals surface area contributed by atoms with Crippen molar-refractivity contribution in [2.24, 2.45) is 0 Å². The number of carbonyl (C=O) groups is 1. The van der Waals surface area contributed by atoms with Gasteiger partial charge in [-0.3, -0.25) is 10.3 Å². The van der Waals surface area contributed by atoms with Crippen LogP contribution in [-0.2, 0) is 5.41 Å². The maximum absolute atomic E-state index is 13.0. The van der Waals surface area contributed by atoms with Gasteiger partial charge in [0.1, 0.15) is 22.5 Å². The normalized spacial score (nSPS) is 11.3. The fourth-order valence-electron chi connectivity index (χ4n) is 4.26. The van der Waals surface area contributed by atoms with Crippen molar-refractivity contribution in [3.63, 3.8) is 0 Å². The second-order valence-electron chi connectivity index (χ2n) is 10.6. The minimum absolute atomic E-state index is 0.289. The number of imidazole rings is 1. The van der Waals surface area contributed by atoms with E-state index in [0.717, 1.165) is 11.1 Å². The SMILES string of the molecule is COc1cc2nccc(Oc3ccc(NC(=O)Nc4nc(C(C)(C)C)[nH]c4-c4ccc(C)nc4Cl)cc3)c2cc1OC. The number of anilines is 2. The third kappa shape index (κ3) is 6.08. The number of fused-ring (bicyclic) bond motifs is 1. The van der Waals surface area contributed by atoms with Gasteiger partial charge in [-0.15, -0.1) is 0 Å². The van der Waals surface area contributed by atoms with E-state index >= 15 is 0 Å². The average molecular weight is 587 g/mol. The fraction of sp³-hybridized carbons (Fsp3) is 0.226. The summed E-state index contributed by atoms with van der Waals surface area (Å²) in [5.74, 6) is 3.38. The highest BCUT2D eigenvalue weighted by molar-refractivity contribution is 6.32. The molecule has 0 spiro atoms. The zero-order chi connectivity index (χ0) is 30.0. The van der Waals surface area contributed by atoms with Crippen molar-refractivity contribution >= 4 is 40.0 Å². The summed E-state index contributed by atoms with van der Waals surface area (Å²) in [5, 5.41) is 6.77. The molecular weight excluding hydrogens is 556 g/mol. The van der Waals surface area contributed by atoms with E-state index in [1.54, 1.807) is 56.8 Å². The Bertz CT molecular complexity index is 1760. The van der Waals surface area contributed by atoms with Crippen LogP contribution in [0.4, 0.5) is 16.3 Å². The third-order valence-electron chi connectivity index (χ3n) is 6.45. The zero-order valence-corrected chi connectivity index (χ0v) is 24.9. The molecular formula is C31H31ClN6O4. The van der Waals surface area contributed by atoms with Crippen LogP contribution in [0.25, 0.3) is 22.2 Å². The van der Waals surface area contributed by atoms with Gasteiger partial charge >= 0.3 is 6.03 Å². The van der Waals surface area contributed by atoms with Crippen LogP contribution in [0.2, 0.25) is 5.15 Å². The Hall–Kier alpha value is -4.83. The van der Waals surface area contributed by atoms with Crippen molar-refractivity contribution in [2.45, 2.75) is 33.1 Å². The van der Waals surface area contributed by atoms with Crippen LogP contribution in [0.1, 0.15) is 32.3 Å². The highest BCUT2D eigenvalue weighted by Gasteiger charge is 2.24. The number of methoxy groups -OCH3 is 2. The van der Waals surface area contributed by atoms with E-state index in [0.29, 0.717) is 62.3 Å². The second-order valence-corrected chi connectivity index (χ2v) is 10.9. The van der Waals surface area contributed by atoms with Crippen molar-refractivity contribution in [1.29, 1.82) is 0 Å². The minimum atomic E-state index is -0.464. The molecule has 5 rings (SSSR count).